The van der Waals surface area contributed by atoms with E-state index >= 15 is 0 Å². The van der Waals surface area contributed by atoms with Crippen LogP contribution in [0.25, 0.3) is 5.82 Å². The van der Waals surface area contributed by atoms with Gasteiger partial charge in [0.25, 0.3) is 0 Å². The molecule has 3 aromatic rings. The number of aromatic nitrogens is 3. The minimum Gasteiger partial charge on any atom is -0.352 e. The molecule has 1 N–H and O–H groups in total. The third kappa shape index (κ3) is 4.40. The molecule has 30 heavy (non-hydrogen) atoms. The number of amides is 2. The first-order chi connectivity index (χ1) is 14.5. The van der Waals surface area contributed by atoms with Crippen molar-refractivity contribution < 1.29 is 9.59 Å². The van der Waals surface area contributed by atoms with Crippen LogP contribution in [0.2, 0.25) is 0 Å². The maximum absolute atomic E-state index is 12.3. The van der Waals surface area contributed by atoms with Crippen LogP contribution in [0, 0.1) is 13.8 Å². The van der Waals surface area contributed by atoms with Gasteiger partial charge < -0.3 is 10.2 Å². The molecular weight excluding hydrogens is 378 g/mol. The molecule has 1 aromatic carbocycles. The number of hydrogen-bond acceptors (Lipinski definition) is 4. The van der Waals surface area contributed by atoms with E-state index in [1.807, 2.05) is 56.3 Å². The van der Waals surface area contributed by atoms with E-state index in [-0.39, 0.29) is 11.8 Å². The van der Waals surface area contributed by atoms with Crippen molar-refractivity contribution >= 4 is 17.5 Å². The second-order valence-electron chi connectivity index (χ2n) is 7.63. The Hall–Kier alpha value is -3.48. The fourth-order valence-electron chi connectivity index (χ4n) is 3.67. The number of carbonyl (C=O) groups excluding carboxylic acids is 2. The molecule has 1 fully saturated rings. The molecule has 0 radical (unpaired) electrons. The molecular formula is C23H25N5O2. The second-order valence-corrected chi connectivity index (χ2v) is 7.63. The minimum atomic E-state index is -0.0531. The Balaban J connectivity index is 1.30. The molecule has 0 saturated carbocycles. The van der Waals surface area contributed by atoms with Crippen LogP contribution in [0.15, 0.2) is 48.7 Å². The lowest BCUT2D eigenvalue weighted by atomic mass is 10.1. The summed E-state index contributed by atoms with van der Waals surface area (Å²) >= 11 is 0. The van der Waals surface area contributed by atoms with E-state index in [4.69, 9.17) is 0 Å². The van der Waals surface area contributed by atoms with Gasteiger partial charge in [-0.25, -0.2) is 9.67 Å². The van der Waals surface area contributed by atoms with Gasteiger partial charge in [0.05, 0.1) is 12.1 Å². The summed E-state index contributed by atoms with van der Waals surface area (Å²) in [5.74, 6) is 0.868. The van der Waals surface area contributed by atoms with Crippen molar-refractivity contribution in [1.82, 2.24) is 20.1 Å². The van der Waals surface area contributed by atoms with Crippen LogP contribution in [0.1, 0.15) is 35.4 Å². The van der Waals surface area contributed by atoms with E-state index in [1.54, 1.807) is 15.8 Å². The molecule has 2 amide bonds. The summed E-state index contributed by atoms with van der Waals surface area (Å²) in [7, 11) is 0. The number of hydrogen-bond donors (Lipinski definition) is 1. The van der Waals surface area contributed by atoms with Gasteiger partial charge in [-0.1, -0.05) is 18.2 Å². The molecule has 7 nitrogen and oxygen atoms in total. The average molecular weight is 403 g/mol. The number of carbonyl (C=O) groups is 2. The number of benzene rings is 1. The first kappa shape index (κ1) is 19.8. The summed E-state index contributed by atoms with van der Waals surface area (Å²) in [6.07, 6.45) is 3.57. The summed E-state index contributed by atoms with van der Waals surface area (Å²) < 4.78 is 1.80. The summed E-state index contributed by atoms with van der Waals surface area (Å²) in [5, 5.41) is 7.36. The first-order valence-electron chi connectivity index (χ1n) is 10.1. The van der Waals surface area contributed by atoms with E-state index in [2.05, 4.69) is 15.4 Å². The van der Waals surface area contributed by atoms with Crippen LogP contribution in [-0.2, 0) is 22.6 Å². The minimum absolute atomic E-state index is 0.0531. The highest BCUT2D eigenvalue weighted by Gasteiger charge is 2.21. The summed E-state index contributed by atoms with van der Waals surface area (Å²) in [6.45, 7) is 5.13. The number of anilines is 1. The van der Waals surface area contributed by atoms with Crippen molar-refractivity contribution in [2.75, 3.05) is 11.4 Å². The van der Waals surface area contributed by atoms with Gasteiger partial charge in [0.15, 0.2) is 5.82 Å². The van der Waals surface area contributed by atoms with Crippen molar-refractivity contribution in [3.8, 4) is 5.82 Å². The number of aryl methyl sites for hydroxylation is 2. The van der Waals surface area contributed by atoms with Gasteiger partial charge >= 0.3 is 0 Å². The van der Waals surface area contributed by atoms with E-state index in [1.165, 1.54) is 0 Å². The van der Waals surface area contributed by atoms with Crippen molar-refractivity contribution in [2.45, 2.75) is 39.7 Å². The standard InChI is InChI=1S/C23H25N5O2/c1-16-12-17(2)28(26-16)21-10-7-19(14-24-21)15-25-22(29)13-18-5-8-20(9-6-18)27-11-3-4-23(27)30/h5-10,12,14H,3-4,11,13,15H2,1-2H3,(H,25,29). The quantitative estimate of drug-likeness (QED) is 0.686. The lowest BCUT2D eigenvalue weighted by Gasteiger charge is -2.15. The Morgan fingerprint density at radius 1 is 1.10 bits per heavy atom. The molecule has 1 aliphatic heterocycles. The van der Waals surface area contributed by atoms with Crippen molar-refractivity contribution in [1.29, 1.82) is 0 Å². The highest BCUT2D eigenvalue weighted by atomic mass is 16.2. The normalized spacial score (nSPS) is 13.7. The highest BCUT2D eigenvalue weighted by Crippen LogP contribution is 2.21. The fraction of sp³-hybridized carbons (Fsp3) is 0.304. The zero-order valence-electron chi connectivity index (χ0n) is 17.3. The van der Waals surface area contributed by atoms with Gasteiger partial charge in [-0.05, 0) is 55.7 Å². The number of nitrogens with zero attached hydrogens (tertiary/aromatic N) is 4. The van der Waals surface area contributed by atoms with Crippen LogP contribution in [0.3, 0.4) is 0 Å². The second kappa shape index (κ2) is 8.49. The predicted molar refractivity (Wildman–Crippen MR) is 114 cm³/mol. The van der Waals surface area contributed by atoms with E-state index in [0.29, 0.717) is 19.4 Å². The van der Waals surface area contributed by atoms with Crippen molar-refractivity contribution in [2.24, 2.45) is 0 Å². The molecule has 7 heteroatoms. The lowest BCUT2D eigenvalue weighted by molar-refractivity contribution is -0.120. The zero-order chi connectivity index (χ0) is 21.1. The van der Waals surface area contributed by atoms with E-state index < -0.39 is 0 Å². The smallest absolute Gasteiger partial charge is 0.227 e. The third-order valence-electron chi connectivity index (χ3n) is 5.21. The van der Waals surface area contributed by atoms with Gasteiger partial charge in [-0.3, -0.25) is 9.59 Å². The Morgan fingerprint density at radius 2 is 1.87 bits per heavy atom. The predicted octanol–water partition coefficient (Wildman–Crippen LogP) is 2.87. The third-order valence-corrected chi connectivity index (χ3v) is 5.21. The molecule has 2 aromatic heterocycles. The molecule has 1 saturated heterocycles. The Morgan fingerprint density at radius 3 is 2.47 bits per heavy atom. The monoisotopic (exact) mass is 403 g/mol. The van der Waals surface area contributed by atoms with Gasteiger partial charge in [0, 0.05) is 37.1 Å². The molecule has 1 aliphatic rings. The Bertz CT molecular complexity index is 1050. The van der Waals surface area contributed by atoms with Crippen LogP contribution < -0.4 is 10.2 Å². The Labute approximate surface area is 175 Å². The fourth-order valence-corrected chi connectivity index (χ4v) is 3.67. The molecule has 0 atom stereocenters. The van der Waals surface area contributed by atoms with Crippen molar-refractivity contribution in [3.63, 3.8) is 0 Å². The van der Waals surface area contributed by atoms with Crippen LogP contribution in [0.4, 0.5) is 5.69 Å². The van der Waals surface area contributed by atoms with Gasteiger partial charge in [-0.2, -0.15) is 5.10 Å². The van der Waals surface area contributed by atoms with Gasteiger partial charge in [0.1, 0.15) is 0 Å². The van der Waals surface area contributed by atoms with Crippen molar-refractivity contribution in [3.05, 3.63) is 71.2 Å². The molecule has 0 unspecified atom stereocenters. The topological polar surface area (TPSA) is 80.1 Å². The highest BCUT2D eigenvalue weighted by molar-refractivity contribution is 5.95. The van der Waals surface area contributed by atoms with E-state index in [0.717, 1.165) is 47.0 Å². The zero-order valence-corrected chi connectivity index (χ0v) is 17.3. The largest absolute Gasteiger partial charge is 0.352 e. The maximum atomic E-state index is 12.3. The number of nitrogens with one attached hydrogen (secondary N) is 1. The van der Waals surface area contributed by atoms with Gasteiger partial charge in [-0.15, -0.1) is 0 Å². The van der Waals surface area contributed by atoms with Crippen LogP contribution >= 0.6 is 0 Å². The van der Waals surface area contributed by atoms with Gasteiger partial charge in [0.2, 0.25) is 11.8 Å². The summed E-state index contributed by atoms with van der Waals surface area (Å²) in [4.78, 5) is 30.4. The average Bonchev–Trinajstić information content (AvgIpc) is 3.32. The van der Waals surface area contributed by atoms with Crippen LogP contribution in [0.5, 0.6) is 0 Å². The molecule has 3 heterocycles. The Kier molecular flexibility index (Phi) is 5.61. The number of pyridine rings is 1. The first-order valence-corrected chi connectivity index (χ1v) is 10.1. The molecule has 4 rings (SSSR count). The van der Waals surface area contributed by atoms with E-state index in [9.17, 15) is 9.59 Å². The molecule has 0 aliphatic carbocycles. The summed E-state index contributed by atoms with van der Waals surface area (Å²) in [6, 6.07) is 13.5. The lowest BCUT2D eigenvalue weighted by Crippen LogP contribution is -2.25. The summed E-state index contributed by atoms with van der Waals surface area (Å²) in [5.41, 5.74) is 4.72. The maximum Gasteiger partial charge on any atom is 0.227 e. The number of rotatable bonds is 6. The van der Waals surface area contributed by atoms with Crippen LogP contribution in [-0.4, -0.2) is 33.1 Å². The molecule has 0 bridgehead atoms. The molecule has 0 spiro atoms. The molecule has 154 valence electrons. The SMILES string of the molecule is Cc1cc(C)n(-c2ccc(CNC(=O)Cc3ccc(N4CCCC4=O)cc3)cn2)n1.